The number of amides is 1. The monoisotopic (exact) mass is 323 g/mol. The van der Waals surface area contributed by atoms with E-state index in [1.165, 1.54) is 6.20 Å². The number of aromatic nitrogens is 1. The van der Waals surface area contributed by atoms with Crippen molar-refractivity contribution in [3.63, 3.8) is 0 Å². The molecule has 3 aromatic rings. The van der Waals surface area contributed by atoms with Crippen LogP contribution in [0.25, 0.3) is 10.9 Å². The molecule has 0 atom stereocenters. The van der Waals surface area contributed by atoms with Crippen molar-refractivity contribution in [3.8, 4) is 11.5 Å². The SMILES string of the molecule is COc1ccc2ncc(C(N)=O)c(Nc3ccccc3OC)c2c1. The minimum atomic E-state index is -0.565. The second kappa shape index (κ2) is 6.45. The van der Waals surface area contributed by atoms with E-state index in [0.29, 0.717) is 22.7 Å². The fraction of sp³-hybridized carbons (Fsp3) is 0.111. The molecule has 3 rings (SSSR count). The van der Waals surface area contributed by atoms with Crippen LogP contribution >= 0.6 is 0 Å². The topological polar surface area (TPSA) is 86.5 Å². The Balaban J connectivity index is 2.22. The minimum absolute atomic E-state index is 0.293. The summed E-state index contributed by atoms with van der Waals surface area (Å²) in [5, 5.41) is 3.98. The molecule has 0 radical (unpaired) electrons. The molecule has 0 saturated heterocycles. The number of para-hydroxylation sites is 2. The van der Waals surface area contributed by atoms with Gasteiger partial charge in [-0.05, 0) is 30.3 Å². The predicted molar refractivity (Wildman–Crippen MR) is 93.1 cm³/mol. The normalized spacial score (nSPS) is 10.4. The quantitative estimate of drug-likeness (QED) is 0.753. The van der Waals surface area contributed by atoms with E-state index in [1.54, 1.807) is 14.2 Å². The zero-order chi connectivity index (χ0) is 17.1. The van der Waals surface area contributed by atoms with Gasteiger partial charge >= 0.3 is 0 Å². The van der Waals surface area contributed by atoms with E-state index in [-0.39, 0.29) is 0 Å². The average Bonchev–Trinajstić information content (AvgIpc) is 2.61. The number of hydrogen-bond donors (Lipinski definition) is 2. The van der Waals surface area contributed by atoms with Gasteiger partial charge in [0.1, 0.15) is 11.5 Å². The average molecular weight is 323 g/mol. The lowest BCUT2D eigenvalue weighted by atomic mass is 10.1. The fourth-order valence-corrected chi connectivity index (χ4v) is 2.50. The molecule has 3 N–H and O–H groups in total. The molecular weight excluding hydrogens is 306 g/mol. The summed E-state index contributed by atoms with van der Waals surface area (Å²) >= 11 is 0. The van der Waals surface area contributed by atoms with Crippen molar-refractivity contribution >= 4 is 28.2 Å². The van der Waals surface area contributed by atoms with Crippen molar-refractivity contribution in [2.45, 2.75) is 0 Å². The molecule has 1 heterocycles. The van der Waals surface area contributed by atoms with Gasteiger partial charge in [0.05, 0.1) is 36.7 Å². The van der Waals surface area contributed by atoms with Crippen LogP contribution in [0.15, 0.2) is 48.7 Å². The molecule has 24 heavy (non-hydrogen) atoms. The molecule has 122 valence electrons. The van der Waals surface area contributed by atoms with E-state index in [4.69, 9.17) is 15.2 Å². The number of nitrogens with zero attached hydrogens (tertiary/aromatic N) is 1. The van der Waals surface area contributed by atoms with Crippen LogP contribution in [0.3, 0.4) is 0 Å². The zero-order valence-electron chi connectivity index (χ0n) is 13.4. The lowest BCUT2D eigenvalue weighted by Crippen LogP contribution is -2.14. The summed E-state index contributed by atoms with van der Waals surface area (Å²) in [5.74, 6) is 0.749. The molecule has 0 bridgehead atoms. The van der Waals surface area contributed by atoms with Crippen molar-refractivity contribution in [1.82, 2.24) is 4.98 Å². The molecule has 1 aromatic heterocycles. The van der Waals surface area contributed by atoms with E-state index in [2.05, 4.69) is 10.3 Å². The molecular formula is C18H17N3O3. The molecule has 6 nitrogen and oxygen atoms in total. The first-order valence-electron chi connectivity index (χ1n) is 7.30. The third-order valence-electron chi connectivity index (χ3n) is 3.71. The lowest BCUT2D eigenvalue weighted by Gasteiger charge is -2.15. The van der Waals surface area contributed by atoms with Crippen LogP contribution in [0.2, 0.25) is 0 Å². The summed E-state index contributed by atoms with van der Waals surface area (Å²) < 4.78 is 10.6. The number of hydrogen-bond acceptors (Lipinski definition) is 5. The maximum atomic E-state index is 11.8. The highest BCUT2D eigenvalue weighted by atomic mass is 16.5. The summed E-state index contributed by atoms with van der Waals surface area (Å²) in [5.41, 5.74) is 7.82. The minimum Gasteiger partial charge on any atom is -0.497 e. The second-order valence-corrected chi connectivity index (χ2v) is 5.12. The van der Waals surface area contributed by atoms with Crippen molar-refractivity contribution < 1.29 is 14.3 Å². The van der Waals surface area contributed by atoms with Gasteiger partial charge in [-0.3, -0.25) is 9.78 Å². The van der Waals surface area contributed by atoms with E-state index >= 15 is 0 Å². The van der Waals surface area contributed by atoms with E-state index in [0.717, 1.165) is 16.6 Å². The van der Waals surface area contributed by atoms with E-state index < -0.39 is 5.91 Å². The van der Waals surface area contributed by atoms with Gasteiger partial charge < -0.3 is 20.5 Å². The van der Waals surface area contributed by atoms with Gasteiger partial charge in [-0.1, -0.05) is 12.1 Å². The molecule has 0 unspecified atom stereocenters. The van der Waals surface area contributed by atoms with Crippen LogP contribution in [0, 0.1) is 0 Å². The molecule has 1 amide bonds. The van der Waals surface area contributed by atoms with E-state index in [1.807, 2.05) is 42.5 Å². The number of pyridine rings is 1. The highest BCUT2D eigenvalue weighted by Crippen LogP contribution is 2.34. The number of primary amides is 1. The van der Waals surface area contributed by atoms with Gasteiger partial charge in [0.2, 0.25) is 0 Å². The Morgan fingerprint density at radius 1 is 1.12 bits per heavy atom. The number of carbonyl (C=O) groups excluding carboxylic acids is 1. The standard InChI is InChI=1S/C18H17N3O3/c1-23-11-7-8-14-12(9-11)17(13(10-20-14)18(19)22)21-15-5-3-4-6-16(15)24-2/h3-10H,1-2H3,(H2,19,22)(H,20,21). The van der Waals surface area contributed by atoms with Crippen molar-refractivity contribution in [2.75, 3.05) is 19.5 Å². The summed E-state index contributed by atoms with van der Waals surface area (Å²) in [6, 6.07) is 12.9. The number of nitrogens with two attached hydrogens (primary N) is 1. The Morgan fingerprint density at radius 2 is 1.92 bits per heavy atom. The van der Waals surface area contributed by atoms with Crippen molar-refractivity contribution in [2.24, 2.45) is 5.73 Å². The number of fused-ring (bicyclic) bond motifs is 1. The lowest BCUT2D eigenvalue weighted by molar-refractivity contribution is 0.100. The third-order valence-corrected chi connectivity index (χ3v) is 3.71. The Morgan fingerprint density at radius 3 is 2.62 bits per heavy atom. The van der Waals surface area contributed by atoms with Crippen LogP contribution in [0.4, 0.5) is 11.4 Å². The first kappa shape index (κ1) is 15.6. The summed E-state index contributed by atoms with van der Waals surface area (Å²) in [4.78, 5) is 16.1. The van der Waals surface area contributed by atoms with Crippen LogP contribution in [-0.2, 0) is 0 Å². The van der Waals surface area contributed by atoms with Crippen molar-refractivity contribution in [1.29, 1.82) is 0 Å². The van der Waals surface area contributed by atoms with Gasteiger partial charge in [-0.2, -0.15) is 0 Å². The molecule has 0 aliphatic rings. The third kappa shape index (κ3) is 2.81. The molecule has 6 heteroatoms. The van der Waals surface area contributed by atoms with Crippen LogP contribution in [0.5, 0.6) is 11.5 Å². The Labute approximate surface area is 139 Å². The fourth-order valence-electron chi connectivity index (χ4n) is 2.50. The Hall–Kier alpha value is -3.28. The number of methoxy groups -OCH3 is 2. The van der Waals surface area contributed by atoms with Crippen LogP contribution in [-0.4, -0.2) is 25.1 Å². The number of anilines is 2. The molecule has 2 aromatic carbocycles. The summed E-state index contributed by atoms with van der Waals surface area (Å²) in [6.07, 6.45) is 1.47. The second-order valence-electron chi connectivity index (χ2n) is 5.12. The Kier molecular flexibility index (Phi) is 4.20. The summed E-state index contributed by atoms with van der Waals surface area (Å²) in [6.45, 7) is 0. The number of ether oxygens (including phenoxy) is 2. The van der Waals surface area contributed by atoms with Gasteiger partial charge in [0, 0.05) is 11.6 Å². The predicted octanol–water partition coefficient (Wildman–Crippen LogP) is 3.09. The number of nitrogens with one attached hydrogen (secondary N) is 1. The molecule has 0 fully saturated rings. The highest BCUT2D eigenvalue weighted by Gasteiger charge is 2.15. The summed E-state index contributed by atoms with van der Waals surface area (Å²) in [7, 11) is 3.17. The van der Waals surface area contributed by atoms with Gasteiger partial charge in [-0.15, -0.1) is 0 Å². The zero-order valence-corrected chi connectivity index (χ0v) is 13.4. The van der Waals surface area contributed by atoms with Gasteiger partial charge in [0.25, 0.3) is 5.91 Å². The van der Waals surface area contributed by atoms with Gasteiger partial charge in [0.15, 0.2) is 0 Å². The highest BCUT2D eigenvalue weighted by molar-refractivity contribution is 6.07. The van der Waals surface area contributed by atoms with Crippen LogP contribution in [0.1, 0.15) is 10.4 Å². The molecule has 0 saturated carbocycles. The molecule has 0 aliphatic heterocycles. The number of rotatable bonds is 5. The van der Waals surface area contributed by atoms with Gasteiger partial charge in [-0.25, -0.2) is 0 Å². The number of carbonyl (C=O) groups is 1. The molecule has 0 aliphatic carbocycles. The van der Waals surface area contributed by atoms with E-state index in [9.17, 15) is 4.79 Å². The maximum absolute atomic E-state index is 11.8. The van der Waals surface area contributed by atoms with Crippen LogP contribution < -0.4 is 20.5 Å². The Bertz CT molecular complexity index is 909. The maximum Gasteiger partial charge on any atom is 0.252 e. The van der Waals surface area contributed by atoms with Crippen molar-refractivity contribution in [3.05, 3.63) is 54.2 Å². The first-order valence-corrected chi connectivity index (χ1v) is 7.30. The first-order chi connectivity index (χ1) is 11.6. The molecule has 0 spiro atoms. The smallest absolute Gasteiger partial charge is 0.252 e. The number of benzene rings is 2. The largest absolute Gasteiger partial charge is 0.497 e.